The molecular weight excluding hydrogens is 312 g/mol. The third-order valence-electron chi connectivity index (χ3n) is 2.54. The van der Waals surface area contributed by atoms with Gasteiger partial charge in [0.05, 0.1) is 8.68 Å². The Balaban J connectivity index is 2.34. The van der Waals surface area contributed by atoms with E-state index in [-0.39, 0.29) is 0 Å². The van der Waals surface area contributed by atoms with Crippen molar-refractivity contribution in [1.29, 1.82) is 0 Å². The van der Waals surface area contributed by atoms with Crippen LogP contribution in [0, 0.1) is 6.92 Å². The summed E-state index contributed by atoms with van der Waals surface area (Å²) in [4.78, 5) is 1.27. The molecule has 1 saturated heterocycles. The number of halogens is 1. The fraction of sp³-hybridized carbons (Fsp3) is 0.556. The Bertz CT molecular complexity index is 478. The average molecular weight is 325 g/mol. The minimum absolute atomic E-state index is 0.436. The summed E-state index contributed by atoms with van der Waals surface area (Å²) in [5, 5.41) is 3.15. The van der Waals surface area contributed by atoms with Crippen molar-refractivity contribution in [3.63, 3.8) is 0 Å². The van der Waals surface area contributed by atoms with Gasteiger partial charge < -0.3 is 5.32 Å². The molecule has 2 heterocycles. The fourth-order valence-corrected chi connectivity index (χ4v) is 5.54. The van der Waals surface area contributed by atoms with E-state index in [2.05, 4.69) is 21.2 Å². The maximum absolute atomic E-state index is 12.3. The van der Waals surface area contributed by atoms with Crippen LogP contribution < -0.4 is 5.32 Å². The summed E-state index contributed by atoms with van der Waals surface area (Å²) in [6.07, 6.45) is 0. The summed E-state index contributed by atoms with van der Waals surface area (Å²) in [6, 6.07) is 1.69. The quantitative estimate of drug-likeness (QED) is 0.895. The standard InChI is InChI=1S/C9H13BrN2O2S2/c1-7-8(6-9(10)15-7)16(13,14)12-4-2-11-3-5-12/h6,11H,2-5H2,1H3. The summed E-state index contributed by atoms with van der Waals surface area (Å²) in [6.45, 7) is 4.39. The molecule has 1 aromatic rings. The largest absolute Gasteiger partial charge is 0.314 e. The highest BCUT2D eigenvalue weighted by Crippen LogP contribution is 2.31. The van der Waals surface area contributed by atoms with Crippen molar-refractivity contribution in [1.82, 2.24) is 9.62 Å². The highest BCUT2D eigenvalue weighted by atomic mass is 79.9. The van der Waals surface area contributed by atoms with Crippen LogP contribution in [0.15, 0.2) is 14.7 Å². The predicted octanol–water partition coefficient (Wildman–Crippen LogP) is 1.41. The molecule has 1 fully saturated rings. The molecule has 4 nitrogen and oxygen atoms in total. The van der Waals surface area contributed by atoms with E-state index < -0.39 is 10.0 Å². The zero-order valence-corrected chi connectivity index (χ0v) is 12.1. The lowest BCUT2D eigenvalue weighted by Gasteiger charge is -2.26. The number of thiophene rings is 1. The molecule has 0 spiro atoms. The minimum Gasteiger partial charge on any atom is -0.314 e. The van der Waals surface area contributed by atoms with Crippen LogP contribution in [0.2, 0.25) is 0 Å². The van der Waals surface area contributed by atoms with Gasteiger partial charge in [0.2, 0.25) is 10.0 Å². The lowest BCUT2D eigenvalue weighted by Crippen LogP contribution is -2.46. The number of rotatable bonds is 2. The molecule has 90 valence electrons. The van der Waals surface area contributed by atoms with Gasteiger partial charge >= 0.3 is 0 Å². The molecule has 0 bridgehead atoms. The number of nitrogens with one attached hydrogen (secondary N) is 1. The van der Waals surface area contributed by atoms with E-state index in [0.717, 1.165) is 21.8 Å². The fourth-order valence-electron chi connectivity index (χ4n) is 1.71. The molecule has 0 saturated carbocycles. The number of hydrogen-bond acceptors (Lipinski definition) is 4. The van der Waals surface area contributed by atoms with Crippen molar-refractivity contribution in [2.75, 3.05) is 26.2 Å². The lowest BCUT2D eigenvalue weighted by molar-refractivity contribution is 0.360. The van der Waals surface area contributed by atoms with Crippen LogP contribution in [-0.4, -0.2) is 38.9 Å². The minimum atomic E-state index is -3.30. The molecule has 1 N–H and O–H groups in total. The second-order valence-corrected chi connectivity index (χ2v) is 8.17. The van der Waals surface area contributed by atoms with Crippen molar-refractivity contribution < 1.29 is 8.42 Å². The van der Waals surface area contributed by atoms with E-state index in [1.807, 2.05) is 6.92 Å². The summed E-state index contributed by atoms with van der Waals surface area (Å²) in [5.74, 6) is 0. The van der Waals surface area contributed by atoms with Gasteiger partial charge in [0.1, 0.15) is 0 Å². The average Bonchev–Trinajstić information content (AvgIpc) is 2.60. The SMILES string of the molecule is Cc1sc(Br)cc1S(=O)(=O)N1CCNCC1. The van der Waals surface area contributed by atoms with Gasteiger partial charge in [-0.15, -0.1) is 11.3 Å². The first kappa shape index (κ1) is 12.5. The number of aryl methyl sites for hydroxylation is 1. The molecule has 0 atom stereocenters. The van der Waals surface area contributed by atoms with E-state index in [9.17, 15) is 8.42 Å². The maximum Gasteiger partial charge on any atom is 0.244 e. The van der Waals surface area contributed by atoms with Gasteiger partial charge in [-0.2, -0.15) is 4.31 Å². The molecule has 0 unspecified atom stereocenters. The second kappa shape index (κ2) is 4.73. The molecule has 16 heavy (non-hydrogen) atoms. The number of hydrogen-bond donors (Lipinski definition) is 1. The topological polar surface area (TPSA) is 49.4 Å². The van der Waals surface area contributed by atoms with Crippen LogP contribution in [0.4, 0.5) is 0 Å². The first-order chi connectivity index (χ1) is 7.51. The molecule has 0 aliphatic carbocycles. The predicted molar refractivity (Wildman–Crippen MR) is 68.4 cm³/mol. The zero-order chi connectivity index (χ0) is 11.8. The Morgan fingerprint density at radius 2 is 2.06 bits per heavy atom. The third kappa shape index (κ3) is 2.33. The third-order valence-corrected chi connectivity index (χ3v) is 6.24. The van der Waals surface area contributed by atoms with E-state index in [1.54, 1.807) is 10.4 Å². The summed E-state index contributed by atoms with van der Waals surface area (Å²) in [7, 11) is -3.30. The van der Waals surface area contributed by atoms with Crippen molar-refractivity contribution in [3.05, 3.63) is 14.7 Å². The first-order valence-corrected chi connectivity index (χ1v) is 8.03. The number of sulfonamides is 1. The molecular formula is C9H13BrN2O2S2. The van der Waals surface area contributed by atoms with E-state index in [0.29, 0.717) is 18.0 Å². The zero-order valence-electron chi connectivity index (χ0n) is 8.86. The molecule has 1 aliphatic heterocycles. The monoisotopic (exact) mass is 324 g/mol. The van der Waals surface area contributed by atoms with Gasteiger partial charge in [-0.3, -0.25) is 0 Å². The highest BCUT2D eigenvalue weighted by Gasteiger charge is 2.28. The molecule has 0 amide bonds. The van der Waals surface area contributed by atoms with Gasteiger partial charge in [-0.1, -0.05) is 0 Å². The Hall–Kier alpha value is 0.0500. The van der Waals surface area contributed by atoms with Crippen molar-refractivity contribution in [2.45, 2.75) is 11.8 Å². The Kier molecular flexibility index (Phi) is 3.70. The summed E-state index contributed by atoms with van der Waals surface area (Å²) < 4.78 is 27.0. The van der Waals surface area contributed by atoms with E-state index >= 15 is 0 Å². The molecule has 0 aromatic carbocycles. The van der Waals surface area contributed by atoms with E-state index in [1.165, 1.54) is 11.3 Å². The normalized spacial score (nSPS) is 18.9. The maximum atomic E-state index is 12.3. The Morgan fingerprint density at radius 1 is 1.44 bits per heavy atom. The summed E-state index contributed by atoms with van der Waals surface area (Å²) >= 11 is 4.78. The highest BCUT2D eigenvalue weighted by molar-refractivity contribution is 9.11. The van der Waals surface area contributed by atoms with Crippen LogP contribution in [0.5, 0.6) is 0 Å². The van der Waals surface area contributed by atoms with Crippen LogP contribution in [0.3, 0.4) is 0 Å². The molecule has 1 aliphatic rings. The van der Waals surface area contributed by atoms with Crippen LogP contribution >= 0.6 is 27.3 Å². The van der Waals surface area contributed by atoms with Crippen molar-refractivity contribution >= 4 is 37.3 Å². The van der Waals surface area contributed by atoms with Gasteiger partial charge in [-0.25, -0.2) is 8.42 Å². The van der Waals surface area contributed by atoms with Crippen LogP contribution in [-0.2, 0) is 10.0 Å². The number of nitrogens with zero attached hydrogens (tertiary/aromatic N) is 1. The lowest BCUT2D eigenvalue weighted by atomic mass is 10.4. The molecule has 2 rings (SSSR count). The second-order valence-electron chi connectivity index (χ2n) is 3.63. The first-order valence-electron chi connectivity index (χ1n) is 4.98. The van der Waals surface area contributed by atoms with Crippen LogP contribution in [0.25, 0.3) is 0 Å². The number of piperazine rings is 1. The van der Waals surface area contributed by atoms with Crippen molar-refractivity contribution in [3.8, 4) is 0 Å². The molecule has 0 radical (unpaired) electrons. The van der Waals surface area contributed by atoms with Gasteiger partial charge in [0.15, 0.2) is 0 Å². The van der Waals surface area contributed by atoms with Crippen molar-refractivity contribution in [2.24, 2.45) is 0 Å². The molecule has 1 aromatic heterocycles. The Labute approximate surface area is 108 Å². The van der Waals surface area contributed by atoms with E-state index in [4.69, 9.17) is 0 Å². The van der Waals surface area contributed by atoms with Gasteiger partial charge in [0, 0.05) is 31.1 Å². The summed E-state index contributed by atoms with van der Waals surface area (Å²) in [5.41, 5.74) is 0. The smallest absolute Gasteiger partial charge is 0.244 e. The Morgan fingerprint density at radius 3 is 2.56 bits per heavy atom. The van der Waals surface area contributed by atoms with Crippen LogP contribution in [0.1, 0.15) is 4.88 Å². The van der Waals surface area contributed by atoms with Gasteiger partial charge in [0.25, 0.3) is 0 Å². The molecule has 7 heteroatoms. The van der Waals surface area contributed by atoms with Gasteiger partial charge in [-0.05, 0) is 28.9 Å².